The normalized spacial score (nSPS) is 56.3. The Morgan fingerprint density at radius 1 is 1.05 bits per heavy atom. The second-order valence-electron chi connectivity index (χ2n) is 13.6. The molecule has 39 heavy (non-hydrogen) atoms. The Bertz CT molecular complexity index is 1080. The van der Waals surface area contributed by atoms with Crippen LogP contribution in [0.1, 0.15) is 64.7 Å². The first-order chi connectivity index (χ1) is 18.6. The molecule has 0 spiro atoms. The van der Waals surface area contributed by atoms with Gasteiger partial charge in [0.15, 0.2) is 0 Å². The third-order valence-corrected chi connectivity index (χ3v) is 12.2. The van der Waals surface area contributed by atoms with Crippen LogP contribution in [0.2, 0.25) is 0 Å². The van der Waals surface area contributed by atoms with E-state index in [4.69, 9.17) is 18.9 Å². The summed E-state index contributed by atoms with van der Waals surface area (Å²) in [6, 6.07) is 0. The summed E-state index contributed by atoms with van der Waals surface area (Å²) in [6.45, 7) is 2.14. The average molecular weight is 549 g/mol. The van der Waals surface area contributed by atoms with Crippen molar-refractivity contribution >= 4 is 12.3 Å². The Morgan fingerprint density at radius 3 is 2.59 bits per heavy atom. The van der Waals surface area contributed by atoms with Gasteiger partial charge in [-0.1, -0.05) is 6.92 Å². The zero-order chi connectivity index (χ0) is 27.4. The number of ether oxygens (including phenoxy) is 4. The first kappa shape index (κ1) is 26.5. The van der Waals surface area contributed by atoms with Gasteiger partial charge in [-0.2, -0.15) is 0 Å². The van der Waals surface area contributed by atoms with E-state index in [1.165, 1.54) is 0 Å². The molecule has 0 aromatic heterocycles. The second kappa shape index (κ2) is 8.80. The minimum absolute atomic E-state index is 0.0102. The molecule has 0 unspecified atom stereocenters. The second-order valence-corrected chi connectivity index (χ2v) is 13.6. The number of cyclic esters (lactones) is 1. The van der Waals surface area contributed by atoms with Crippen molar-refractivity contribution < 1.29 is 49.0 Å². The van der Waals surface area contributed by atoms with Gasteiger partial charge in [0.2, 0.25) is 12.1 Å². The molecule has 10 heteroatoms. The highest BCUT2D eigenvalue weighted by Crippen LogP contribution is 2.70. The van der Waals surface area contributed by atoms with Crippen molar-refractivity contribution in [3.8, 4) is 0 Å². The molecule has 0 aromatic carbocycles. The van der Waals surface area contributed by atoms with Gasteiger partial charge in [0.1, 0.15) is 19.0 Å². The fourth-order valence-corrected chi connectivity index (χ4v) is 10.2. The Hall–Kier alpha value is -1.40. The van der Waals surface area contributed by atoms with Gasteiger partial charge < -0.3 is 44.2 Å². The first-order valence-electron chi connectivity index (χ1n) is 14.6. The molecule has 216 valence electrons. The van der Waals surface area contributed by atoms with Crippen molar-refractivity contribution in [2.75, 3.05) is 13.2 Å². The van der Waals surface area contributed by atoms with Gasteiger partial charge in [0, 0.05) is 23.3 Å². The summed E-state index contributed by atoms with van der Waals surface area (Å²) < 4.78 is 23.3. The summed E-state index contributed by atoms with van der Waals surface area (Å²) in [6.07, 6.45) is 3.95. The average Bonchev–Trinajstić information content (AvgIpc) is 3.46. The van der Waals surface area contributed by atoms with Crippen LogP contribution in [0.3, 0.4) is 0 Å². The number of carbonyl (C=O) groups excluding carboxylic acids is 2. The van der Waals surface area contributed by atoms with Gasteiger partial charge in [-0.15, -0.1) is 0 Å². The molecule has 2 saturated heterocycles. The van der Waals surface area contributed by atoms with Crippen LogP contribution < -0.4 is 0 Å². The van der Waals surface area contributed by atoms with E-state index in [1.54, 1.807) is 6.08 Å². The first-order valence-corrected chi connectivity index (χ1v) is 14.6. The number of aldehydes is 1. The maximum absolute atomic E-state index is 13.1. The van der Waals surface area contributed by atoms with Crippen molar-refractivity contribution in [2.24, 2.45) is 34.5 Å². The molecule has 7 aliphatic rings. The number of hydrogen-bond acceptors (Lipinski definition) is 10. The van der Waals surface area contributed by atoms with Gasteiger partial charge in [-0.25, -0.2) is 4.79 Å². The van der Waals surface area contributed by atoms with E-state index in [0.717, 1.165) is 44.0 Å². The van der Waals surface area contributed by atoms with E-state index < -0.39 is 52.9 Å². The molecule has 0 amide bonds. The molecule has 4 aliphatic carbocycles. The standard InChI is InChI=1S/C29H40O10/c1-26-6-4-19-20(28(26,34)7-5-18(26)15-8-24(33)36-13-15)3-2-16-9-21-22(11-27(16,19)14-31)39-29(35)23(32)10-17(12-30)37-25(29)38-21/h8,14,16-23,25,30,32,34-35H,2-7,9-13H2,1H3/t16-,17-,18+,19-,20+,21+,22+,23+,25-,26+,27+,28-,29-/m0/s1. The molecular weight excluding hydrogens is 508 g/mol. The smallest absolute Gasteiger partial charge is 0.331 e. The van der Waals surface area contributed by atoms with Gasteiger partial charge >= 0.3 is 5.97 Å². The SMILES string of the molecule is C[C@]12CC[C@H]3[C@@H](CC[C@H]4C[C@H]5O[C@@H]6O[C@H](CO)C[C@@H](O)[C@]6(O)O[C@@H]5C[C@@]43C=O)[C@@]1(O)CC[C@@H]2C1=CC(=O)OC1. The van der Waals surface area contributed by atoms with E-state index in [0.29, 0.717) is 25.9 Å². The van der Waals surface area contributed by atoms with E-state index >= 15 is 0 Å². The Morgan fingerprint density at radius 2 is 1.87 bits per heavy atom. The summed E-state index contributed by atoms with van der Waals surface area (Å²) in [5.41, 5.74) is -1.11. The topological polar surface area (TPSA) is 152 Å². The quantitative estimate of drug-likeness (QED) is 0.228. The molecule has 13 atom stereocenters. The molecule has 0 aromatic rings. The van der Waals surface area contributed by atoms with Crippen LogP contribution in [0.4, 0.5) is 0 Å². The molecular formula is C29H40O10. The third-order valence-electron chi connectivity index (χ3n) is 12.2. The fourth-order valence-electron chi connectivity index (χ4n) is 10.2. The lowest BCUT2D eigenvalue weighted by Crippen LogP contribution is -2.71. The van der Waals surface area contributed by atoms with Gasteiger partial charge in [-0.05, 0) is 80.6 Å². The Labute approximate surface area is 227 Å². The maximum atomic E-state index is 13.1. The molecule has 4 saturated carbocycles. The van der Waals surface area contributed by atoms with Crippen LogP contribution >= 0.6 is 0 Å². The van der Waals surface area contributed by atoms with Crippen LogP contribution in [0.25, 0.3) is 0 Å². The number of aliphatic hydroxyl groups excluding tert-OH is 2. The number of aliphatic hydroxyl groups is 4. The number of rotatable bonds is 3. The highest BCUT2D eigenvalue weighted by Gasteiger charge is 2.70. The lowest BCUT2D eigenvalue weighted by Gasteiger charge is -2.64. The number of fused-ring (bicyclic) bond motifs is 7. The molecule has 3 heterocycles. The van der Waals surface area contributed by atoms with Crippen molar-refractivity contribution in [1.82, 2.24) is 0 Å². The zero-order valence-electron chi connectivity index (χ0n) is 22.4. The predicted octanol–water partition coefficient (Wildman–Crippen LogP) is 0.973. The minimum Gasteiger partial charge on any atom is -0.458 e. The molecule has 7 rings (SSSR count). The molecule has 0 bridgehead atoms. The summed E-state index contributed by atoms with van der Waals surface area (Å²) in [5.74, 6) is -2.37. The summed E-state index contributed by atoms with van der Waals surface area (Å²) in [5, 5.41) is 44.0. The summed E-state index contributed by atoms with van der Waals surface area (Å²) >= 11 is 0. The monoisotopic (exact) mass is 548 g/mol. The molecule has 10 nitrogen and oxygen atoms in total. The molecule has 6 fully saturated rings. The maximum Gasteiger partial charge on any atom is 0.331 e. The fraction of sp³-hybridized carbons (Fsp3) is 0.862. The summed E-state index contributed by atoms with van der Waals surface area (Å²) in [4.78, 5) is 25.0. The lowest BCUT2D eigenvalue weighted by atomic mass is 9.42. The van der Waals surface area contributed by atoms with Crippen LogP contribution in [0.15, 0.2) is 11.6 Å². The largest absolute Gasteiger partial charge is 0.458 e. The third kappa shape index (κ3) is 3.46. The highest BCUT2D eigenvalue weighted by atomic mass is 16.8. The zero-order valence-corrected chi connectivity index (χ0v) is 22.4. The minimum atomic E-state index is -2.08. The van der Waals surface area contributed by atoms with Crippen molar-refractivity contribution in [3.05, 3.63) is 11.6 Å². The lowest BCUT2D eigenvalue weighted by molar-refractivity contribution is -0.459. The van der Waals surface area contributed by atoms with Crippen molar-refractivity contribution in [2.45, 2.75) is 107 Å². The molecule has 3 aliphatic heterocycles. The van der Waals surface area contributed by atoms with Gasteiger partial charge in [0.25, 0.3) is 0 Å². The van der Waals surface area contributed by atoms with Crippen LogP contribution in [-0.2, 0) is 28.5 Å². The van der Waals surface area contributed by atoms with Crippen molar-refractivity contribution in [1.29, 1.82) is 0 Å². The van der Waals surface area contributed by atoms with Gasteiger partial charge in [-0.3, -0.25) is 0 Å². The van der Waals surface area contributed by atoms with Crippen LogP contribution in [0.5, 0.6) is 0 Å². The van der Waals surface area contributed by atoms with Gasteiger partial charge in [0.05, 0.1) is 30.5 Å². The van der Waals surface area contributed by atoms with Crippen molar-refractivity contribution in [3.63, 3.8) is 0 Å². The van der Waals surface area contributed by atoms with E-state index in [1.807, 2.05) is 0 Å². The number of hydrogen-bond donors (Lipinski definition) is 4. The Balaban J connectivity index is 1.17. The Kier molecular flexibility index (Phi) is 5.98. The number of esters is 1. The number of carbonyl (C=O) groups is 2. The molecule has 4 N–H and O–H groups in total. The van der Waals surface area contributed by atoms with E-state index in [2.05, 4.69) is 6.92 Å². The molecule has 0 radical (unpaired) electrons. The summed E-state index contributed by atoms with van der Waals surface area (Å²) in [7, 11) is 0. The van der Waals surface area contributed by atoms with Crippen LogP contribution in [0, 0.1) is 34.5 Å². The van der Waals surface area contributed by atoms with E-state index in [-0.39, 0.29) is 42.7 Å². The highest BCUT2D eigenvalue weighted by molar-refractivity contribution is 5.85. The van der Waals surface area contributed by atoms with Crippen LogP contribution in [-0.4, -0.2) is 88.0 Å². The van der Waals surface area contributed by atoms with E-state index in [9.17, 15) is 30.0 Å². The predicted molar refractivity (Wildman–Crippen MR) is 133 cm³/mol.